The van der Waals surface area contributed by atoms with Gasteiger partial charge in [-0.05, 0) is 51.3 Å². The van der Waals surface area contributed by atoms with Crippen molar-refractivity contribution in [1.29, 1.82) is 0 Å². The number of nitrogens with one attached hydrogen (secondary N) is 1. The Morgan fingerprint density at radius 3 is 2.33 bits per heavy atom. The first-order chi connectivity index (χ1) is 8.65. The first-order valence-electron chi connectivity index (χ1n) is 5.54. The molecule has 94 valence electrons. The van der Waals surface area contributed by atoms with Gasteiger partial charge in [0.1, 0.15) is 0 Å². The number of rotatable bonds is 4. The zero-order chi connectivity index (χ0) is 13.0. The van der Waals surface area contributed by atoms with E-state index in [-0.39, 0.29) is 0 Å². The molecule has 0 aliphatic heterocycles. The van der Waals surface area contributed by atoms with Crippen LogP contribution >= 0.6 is 43.5 Å². The van der Waals surface area contributed by atoms with E-state index in [1.54, 1.807) is 0 Å². The molecule has 0 heterocycles. The standard InChI is InChI=1S/C14H12Br2ClN/c15-12-3-1-2-10(6-12)8-18-9-11-4-5-14(17)13(16)7-11/h1-7,18H,8-9H2. The summed E-state index contributed by atoms with van der Waals surface area (Å²) in [4.78, 5) is 0. The zero-order valence-electron chi connectivity index (χ0n) is 9.59. The lowest BCUT2D eigenvalue weighted by molar-refractivity contribution is 0.693. The molecule has 0 saturated heterocycles. The summed E-state index contributed by atoms with van der Waals surface area (Å²) in [6.07, 6.45) is 0. The Balaban J connectivity index is 1.90. The largest absolute Gasteiger partial charge is 0.309 e. The van der Waals surface area contributed by atoms with E-state index in [1.807, 2.05) is 30.3 Å². The van der Waals surface area contributed by atoms with E-state index in [1.165, 1.54) is 11.1 Å². The number of hydrogen-bond donors (Lipinski definition) is 1. The molecule has 2 aromatic rings. The van der Waals surface area contributed by atoms with Gasteiger partial charge in [0.2, 0.25) is 0 Å². The van der Waals surface area contributed by atoms with Crippen LogP contribution in [-0.2, 0) is 13.1 Å². The summed E-state index contributed by atoms with van der Waals surface area (Å²) in [7, 11) is 0. The van der Waals surface area contributed by atoms with Gasteiger partial charge in [0.25, 0.3) is 0 Å². The molecule has 0 spiro atoms. The summed E-state index contributed by atoms with van der Waals surface area (Å²) in [5.41, 5.74) is 2.47. The summed E-state index contributed by atoms with van der Waals surface area (Å²) >= 11 is 12.8. The molecule has 0 aliphatic carbocycles. The second kappa shape index (κ2) is 6.71. The van der Waals surface area contributed by atoms with Crippen LogP contribution in [-0.4, -0.2) is 0 Å². The molecule has 0 aliphatic rings. The van der Waals surface area contributed by atoms with Gasteiger partial charge in [0.05, 0.1) is 5.02 Å². The minimum Gasteiger partial charge on any atom is -0.309 e. The van der Waals surface area contributed by atoms with Gasteiger partial charge in [0.15, 0.2) is 0 Å². The Bertz CT molecular complexity index is 543. The van der Waals surface area contributed by atoms with Crippen LogP contribution in [0.4, 0.5) is 0 Å². The Morgan fingerprint density at radius 2 is 1.67 bits per heavy atom. The van der Waals surface area contributed by atoms with Crippen molar-refractivity contribution in [1.82, 2.24) is 5.32 Å². The van der Waals surface area contributed by atoms with Crippen LogP contribution in [0.5, 0.6) is 0 Å². The SMILES string of the molecule is Clc1ccc(CNCc2cccc(Br)c2)cc1Br. The van der Waals surface area contributed by atoms with E-state index in [4.69, 9.17) is 11.6 Å². The number of benzene rings is 2. The van der Waals surface area contributed by atoms with Crippen LogP contribution < -0.4 is 5.32 Å². The van der Waals surface area contributed by atoms with Gasteiger partial charge in [-0.15, -0.1) is 0 Å². The van der Waals surface area contributed by atoms with Crippen LogP contribution in [0.2, 0.25) is 5.02 Å². The second-order valence-electron chi connectivity index (χ2n) is 3.98. The van der Waals surface area contributed by atoms with Crippen LogP contribution in [0.3, 0.4) is 0 Å². The van der Waals surface area contributed by atoms with Crippen molar-refractivity contribution < 1.29 is 0 Å². The minimum atomic E-state index is 0.741. The molecule has 2 rings (SSSR count). The summed E-state index contributed by atoms with van der Waals surface area (Å²) in [6.45, 7) is 1.67. The van der Waals surface area contributed by atoms with Crippen molar-refractivity contribution in [2.45, 2.75) is 13.1 Å². The fraction of sp³-hybridized carbons (Fsp3) is 0.143. The molecule has 4 heteroatoms. The highest BCUT2D eigenvalue weighted by Gasteiger charge is 1.99. The number of halogens is 3. The first kappa shape index (κ1) is 14.1. The minimum absolute atomic E-state index is 0.741. The summed E-state index contributed by atoms with van der Waals surface area (Å²) < 4.78 is 2.04. The number of hydrogen-bond acceptors (Lipinski definition) is 1. The highest BCUT2D eigenvalue weighted by molar-refractivity contribution is 9.10. The molecule has 1 N–H and O–H groups in total. The quantitative estimate of drug-likeness (QED) is 0.762. The molecule has 0 amide bonds. The van der Waals surface area contributed by atoms with E-state index >= 15 is 0 Å². The zero-order valence-corrected chi connectivity index (χ0v) is 13.5. The van der Waals surface area contributed by atoms with E-state index in [0.717, 1.165) is 27.1 Å². The molecule has 1 nitrogen and oxygen atoms in total. The maximum atomic E-state index is 5.96. The molecule has 0 atom stereocenters. The van der Waals surface area contributed by atoms with Crippen LogP contribution in [0.25, 0.3) is 0 Å². The van der Waals surface area contributed by atoms with Gasteiger partial charge in [-0.2, -0.15) is 0 Å². The maximum Gasteiger partial charge on any atom is 0.0548 e. The van der Waals surface area contributed by atoms with E-state index in [2.05, 4.69) is 49.3 Å². The van der Waals surface area contributed by atoms with Crippen molar-refractivity contribution in [3.05, 3.63) is 67.6 Å². The molecule has 0 saturated carbocycles. The van der Waals surface area contributed by atoms with Gasteiger partial charge in [-0.3, -0.25) is 0 Å². The monoisotopic (exact) mass is 387 g/mol. The fourth-order valence-corrected chi connectivity index (χ4v) is 2.64. The first-order valence-corrected chi connectivity index (χ1v) is 7.50. The van der Waals surface area contributed by atoms with Gasteiger partial charge >= 0.3 is 0 Å². The third kappa shape index (κ3) is 4.09. The third-order valence-corrected chi connectivity index (χ3v) is 4.24. The second-order valence-corrected chi connectivity index (χ2v) is 6.16. The molecule has 0 aromatic heterocycles. The Labute approximate surface area is 129 Å². The average Bonchev–Trinajstić information content (AvgIpc) is 2.34. The fourth-order valence-electron chi connectivity index (χ4n) is 1.65. The van der Waals surface area contributed by atoms with Crippen LogP contribution in [0.15, 0.2) is 51.4 Å². The molecule has 18 heavy (non-hydrogen) atoms. The van der Waals surface area contributed by atoms with Gasteiger partial charge in [0, 0.05) is 22.0 Å². The van der Waals surface area contributed by atoms with Crippen molar-refractivity contribution in [2.75, 3.05) is 0 Å². The molecule has 2 aromatic carbocycles. The van der Waals surface area contributed by atoms with Crippen LogP contribution in [0.1, 0.15) is 11.1 Å². The van der Waals surface area contributed by atoms with Crippen LogP contribution in [0, 0.1) is 0 Å². The van der Waals surface area contributed by atoms with E-state index in [9.17, 15) is 0 Å². The topological polar surface area (TPSA) is 12.0 Å². The highest BCUT2D eigenvalue weighted by atomic mass is 79.9. The third-order valence-electron chi connectivity index (χ3n) is 2.53. The molecular formula is C14H12Br2ClN. The lowest BCUT2D eigenvalue weighted by atomic mass is 10.2. The lowest BCUT2D eigenvalue weighted by Crippen LogP contribution is -2.12. The Morgan fingerprint density at radius 1 is 0.944 bits per heavy atom. The Hall–Kier alpha value is -0.350. The van der Waals surface area contributed by atoms with E-state index < -0.39 is 0 Å². The van der Waals surface area contributed by atoms with Gasteiger partial charge in [-0.25, -0.2) is 0 Å². The smallest absolute Gasteiger partial charge is 0.0548 e. The molecule has 0 unspecified atom stereocenters. The van der Waals surface area contributed by atoms with Crippen molar-refractivity contribution >= 4 is 43.5 Å². The molecule has 0 fully saturated rings. The summed E-state index contributed by atoms with van der Waals surface area (Å²) in [6, 6.07) is 14.3. The predicted octanol–water partition coefficient (Wildman–Crippen LogP) is 5.15. The van der Waals surface area contributed by atoms with Crippen molar-refractivity contribution in [2.24, 2.45) is 0 Å². The van der Waals surface area contributed by atoms with Crippen molar-refractivity contribution in [3.63, 3.8) is 0 Å². The lowest BCUT2D eigenvalue weighted by Gasteiger charge is -2.06. The highest BCUT2D eigenvalue weighted by Crippen LogP contribution is 2.23. The molecular weight excluding hydrogens is 377 g/mol. The Kier molecular flexibility index (Phi) is 5.25. The average molecular weight is 390 g/mol. The predicted molar refractivity (Wildman–Crippen MR) is 83.8 cm³/mol. The normalized spacial score (nSPS) is 10.6. The van der Waals surface area contributed by atoms with Gasteiger partial charge < -0.3 is 5.32 Å². The summed E-state index contributed by atoms with van der Waals surface area (Å²) in [5.74, 6) is 0. The molecule has 0 bridgehead atoms. The van der Waals surface area contributed by atoms with E-state index in [0.29, 0.717) is 0 Å². The van der Waals surface area contributed by atoms with Crippen molar-refractivity contribution in [3.8, 4) is 0 Å². The maximum absolute atomic E-state index is 5.96. The van der Waals surface area contributed by atoms with Gasteiger partial charge in [-0.1, -0.05) is 45.7 Å². The molecule has 0 radical (unpaired) electrons. The summed E-state index contributed by atoms with van der Waals surface area (Å²) in [5, 5.41) is 4.15.